The molecular weight excluding hydrogens is 302 g/mol. The average molecular weight is 318 g/mol. The Morgan fingerprint density at radius 1 is 1.71 bits per heavy atom. The van der Waals surface area contributed by atoms with Crippen molar-refractivity contribution in [3.63, 3.8) is 0 Å². The number of hydrogen-bond acceptors (Lipinski definition) is 4. The average Bonchev–Trinajstić information content (AvgIpc) is 2.30. The third kappa shape index (κ3) is 4.65. The molecule has 17 heavy (non-hydrogen) atoms. The fourth-order valence-corrected chi connectivity index (χ4v) is 1.91. The van der Waals surface area contributed by atoms with Crippen LogP contribution < -0.4 is 11.1 Å². The molecule has 6 heteroatoms. The van der Waals surface area contributed by atoms with Gasteiger partial charge in [-0.25, -0.2) is 4.98 Å². The minimum atomic E-state index is -0.479. The van der Waals surface area contributed by atoms with Gasteiger partial charge in [0.15, 0.2) is 0 Å². The topological polar surface area (TPSA) is 68.0 Å². The van der Waals surface area contributed by atoms with Crippen molar-refractivity contribution < 1.29 is 4.79 Å². The van der Waals surface area contributed by atoms with E-state index in [9.17, 15) is 4.79 Å². The number of carbonyl (C=O) groups is 1. The summed E-state index contributed by atoms with van der Waals surface area (Å²) in [6, 6.07) is 1.33. The molecule has 0 spiro atoms. The van der Waals surface area contributed by atoms with Crippen LogP contribution >= 0.6 is 27.7 Å². The second kappa shape index (κ2) is 6.98. The Balaban J connectivity index is 2.58. The second-order valence-corrected chi connectivity index (χ2v) is 5.54. The molecule has 0 aliphatic heterocycles. The summed E-state index contributed by atoms with van der Waals surface area (Å²) in [4.78, 5) is 15.8. The lowest BCUT2D eigenvalue weighted by Crippen LogP contribution is -2.36. The zero-order chi connectivity index (χ0) is 12.8. The van der Waals surface area contributed by atoms with Crippen molar-refractivity contribution >= 4 is 39.4 Å². The largest absolute Gasteiger partial charge is 0.320 e. The van der Waals surface area contributed by atoms with Gasteiger partial charge in [0.1, 0.15) is 5.82 Å². The smallest absolute Gasteiger partial charge is 0.242 e. The zero-order valence-electron chi connectivity index (χ0n) is 9.87. The molecule has 1 heterocycles. The van der Waals surface area contributed by atoms with E-state index < -0.39 is 6.04 Å². The van der Waals surface area contributed by atoms with E-state index in [0.29, 0.717) is 12.2 Å². The molecule has 1 aromatic heterocycles. The number of amides is 1. The summed E-state index contributed by atoms with van der Waals surface area (Å²) >= 11 is 5.03. The van der Waals surface area contributed by atoms with Crippen LogP contribution in [-0.2, 0) is 4.79 Å². The minimum absolute atomic E-state index is 0.187. The molecule has 0 aliphatic rings. The van der Waals surface area contributed by atoms with Gasteiger partial charge >= 0.3 is 0 Å². The third-order valence-electron chi connectivity index (χ3n) is 2.27. The maximum atomic E-state index is 11.7. The Labute approximate surface area is 114 Å². The Morgan fingerprint density at radius 3 is 3.00 bits per heavy atom. The van der Waals surface area contributed by atoms with E-state index in [2.05, 4.69) is 26.2 Å². The van der Waals surface area contributed by atoms with Gasteiger partial charge in [0.2, 0.25) is 5.91 Å². The van der Waals surface area contributed by atoms with Crippen molar-refractivity contribution in [3.05, 3.63) is 22.3 Å². The molecule has 1 rings (SSSR count). The van der Waals surface area contributed by atoms with E-state index in [4.69, 9.17) is 5.73 Å². The number of thioether (sulfide) groups is 1. The third-order valence-corrected chi connectivity index (χ3v) is 3.74. The van der Waals surface area contributed by atoms with Crippen LogP contribution in [0.1, 0.15) is 12.0 Å². The molecule has 3 N–H and O–H groups in total. The van der Waals surface area contributed by atoms with Gasteiger partial charge in [0.25, 0.3) is 0 Å². The Hall–Kier alpha value is -0.590. The molecule has 0 saturated heterocycles. The SMILES string of the molecule is CSCC[C@H](N)C(=O)Nc1cc(C)c(Br)cn1. The van der Waals surface area contributed by atoms with Gasteiger partial charge < -0.3 is 11.1 Å². The number of nitrogens with two attached hydrogens (primary N) is 1. The van der Waals surface area contributed by atoms with E-state index in [-0.39, 0.29) is 5.91 Å². The fourth-order valence-electron chi connectivity index (χ4n) is 1.20. The van der Waals surface area contributed by atoms with Crippen molar-refractivity contribution in [1.29, 1.82) is 0 Å². The van der Waals surface area contributed by atoms with E-state index in [1.807, 2.05) is 19.2 Å². The standard InChI is InChI=1S/C11H16BrN3OS/c1-7-5-10(14-6-8(7)12)15-11(16)9(13)3-4-17-2/h5-6,9H,3-4,13H2,1-2H3,(H,14,15,16)/t9-/m0/s1. The van der Waals surface area contributed by atoms with Crippen LogP contribution in [0.15, 0.2) is 16.7 Å². The highest BCUT2D eigenvalue weighted by Crippen LogP contribution is 2.17. The summed E-state index contributed by atoms with van der Waals surface area (Å²) in [5.41, 5.74) is 6.78. The molecule has 0 aliphatic carbocycles. The van der Waals surface area contributed by atoms with Crippen LogP contribution in [0.25, 0.3) is 0 Å². The number of halogens is 1. The molecule has 1 atom stereocenters. The van der Waals surface area contributed by atoms with Crippen LogP contribution in [-0.4, -0.2) is 28.9 Å². The number of nitrogens with zero attached hydrogens (tertiary/aromatic N) is 1. The predicted octanol–water partition coefficient (Wildman–Crippen LogP) is 2.17. The number of pyridine rings is 1. The van der Waals surface area contributed by atoms with Crippen LogP contribution in [0, 0.1) is 6.92 Å². The minimum Gasteiger partial charge on any atom is -0.320 e. The maximum absolute atomic E-state index is 11.7. The molecule has 94 valence electrons. The highest BCUT2D eigenvalue weighted by Gasteiger charge is 2.13. The van der Waals surface area contributed by atoms with Crippen molar-refractivity contribution in [3.8, 4) is 0 Å². The van der Waals surface area contributed by atoms with Crippen molar-refractivity contribution in [1.82, 2.24) is 4.98 Å². The molecule has 4 nitrogen and oxygen atoms in total. The number of rotatable bonds is 5. The highest BCUT2D eigenvalue weighted by atomic mass is 79.9. The zero-order valence-corrected chi connectivity index (χ0v) is 12.3. The van der Waals surface area contributed by atoms with Crippen LogP contribution in [0.2, 0.25) is 0 Å². The molecule has 0 aromatic carbocycles. The quantitative estimate of drug-likeness (QED) is 0.873. The Kier molecular flexibility index (Phi) is 5.94. The van der Waals surface area contributed by atoms with Crippen molar-refractivity contribution in [2.45, 2.75) is 19.4 Å². The summed E-state index contributed by atoms with van der Waals surface area (Å²) in [6.45, 7) is 1.94. The number of hydrogen-bond donors (Lipinski definition) is 2. The molecule has 1 amide bonds. The summed E-state index contributed by atoms with van der Waals surface area (Å²) in [5.74, 6) is 1.23. The van der Waals surface area contributed by atoms with E-state index >= 15 is 0 Å². The lowest BCUT2D eigenvalue weighted by molar-refractivity contribution is -0.117. The number of aryl methyl sites for hydroxylation is 1. The van der Waals surface area contributed by atoms with Gasteiger partial charge in [-0.3, -0.25) is 4.79 Å². The molecule has 0 saturated carbocycles. The lowest BCUT2D eigenvalue weighted by atomic mass is 10.2. The van der Waals surface area contributed by atoms with Crippen molar-refractivity contribution in [2.24, 2.45) is 5.73 Å². The molecule has 0 bridgehead atoms. The first kappa shape index (κ1) is 14.5. The summed E-state index contributed by atoms with van der Waals surface area (Å²) in [6.07, 6.45) is 4.32. The maximum Gasteiger partial charge on any atom is 0.242 e. The van der Waals surface area contributed by atoms with Gasteiger partial charge in [-0.05, 0) is 52.9 Å². The van der Waals surface area contributed by atoms with Gasteiger partial charge in [-0.15, -0.1) is 0 Å². The van der Waals surface area contributed by atoms with Crippen LogP contribution in [0.4, 0.5) is 5.82 Å². The number of nitrogens with one attached hydrogen (secondary N) is 1. The van der Waals surface area contributed by atoms with Crippen molar-refractivity contribution in [2.75, 3.05) is 17.3 Å². The summed E-state index contributed by atoms with van der Waals surface area (Å²) < 4.78 is 0.919. The number of carbonyl (C=O) groups excluding carboxylic acids is 1. The first-order valence-corrected chi connectivity index (χ1v) is 7.40. The number of aromatic nitrogens is 1. The Bertz CT molecular complexity index is 400. The molecule has 0 unspecified atom stereocenters. The highest BCUT2D eigenvalue weighted by molar-refractivity contribution is 9.10. The monoisotopic (exact) mass is 317 g/mol. The van der Waals surface area contributed by atoms with Gasteiger partial charge in [-0.2, -0.15) is 11.8 Å². The molecule has 0 fully saturated rings. The first-order chi connectivity index (χ1) is 8.04. The van der Waals surface area contributed by atoms with E-state index in [1.165, 1.54) is 0 Å². The van der Waals surface area contributed by atoms with Crippen LogP contribution in [0.3, 0.4) is 0 Å². The molecule has 1 aromatic rings. The summed E-state index contributed by atoms with van der Waals surface area (Å²) in [7, 11) is 0. The van der Waals surface area contributed by atoms with Gasteiger partial charge in [0, 0.05) is 10.7 Å². The van der Waals surface area contributed by atoms with E-state index in [0.717, 1.165) is 15.8 Å². The van der Waals surface area contributed by atoms with Crippen LogP contribution in [0.5, 0.6) is 0 Å². The van der Waals surface area contributed by atoms with E-state index in [1.54, 1.807) is 18.0 Å². The fraction of sp³-hybridized carbons (Fsp3) is 0.455. The molecular formula is C11H16BrN3OS. The number of anilines is 1. The van der Waals surface area contributed by atoms with Gasteiger partial charge in [0.05, 0.1) is 6.04 Å². The predicted molar refractivity (Wildman–Crippen MR) is 76.3 cm³/mol. The summed E-state index contributed by atoms with van der Waals surface area (Å²) in [5, 5.41) is 2.71. The second-order valence-electron chi connectivity index (χ2n) is 3.70. The lowest BCUT2D eigenvalue weighted by Gasteiger charge is -2.11. The first-order valence-electron chi connectivity index (χ1n) is 5.22. The van der Waals surface area contributed by atoms with Gasteiger partial charge in [-0.1, -0.05) is 0 Å². The Morgan fingerprint density at radius 2 is 2.41 bits per heavy atom. The molecule has 0 radical (unpaired) electrons. The normalized spacial score (nSPS) is 12.2.